The molecule has 0 radical (unpaired) electrons. The second kappa shape index (κ2) is 7.44. The van der Waals surface area contributed by atoms with Crippen LogP contribution in [0.5, 0.6) is 0 Å². The first-order chi connectivity index (χ1) is 13.9. The van der Waals surface area contributed by atoms with E-state index >= 15 is 0 Å². The molecule has 0 saturated heterocycles. The Morgan fingerprint density at radius 2 is 1.79 bits per heavy atom. The van der Waals surface area contributed by atoms with Gasteiger partial charge in [0.05, 0.1) is 18.9 Å². The number of ether oxygens (including phenoxy) is 1. The first kappa shape index (κ1) is 19.3. The standard InChI is InChI=1S/C21H18FNO5S/c1-28-21(27)17-14(10-4-6-13(22)7-5-10)9-29-19(17)23-18(24)15-11-2-3-12(8-11)16(15)20(25)26/h2-7,9,11-12,15-16H,8H2,1H3,(H,23,24)(H,25,26)/t11-,12-,15+,16-/m0/s1. The lowest BCUT2D eigenvalue weighted by Crippen LogP contribution is -2.36. The van der Waals surface area contributed by atoms with Gasteiger partial charge in [0.2, 0.25) is 5.91 Å². The number of hydrogen-bond donors (Lipinski definition) is 2. The van der Waals surface area contributed by atoms with Crippen molar-refractivity contribution in [2.24, 2.45) is 23.7 Å². The third-order valence-corrected chi connectivity index (χ3v) is 6.52. The van der Waals surface area contributed by atoms with Crippen LogP contribution in [0.3, 0.4) is 0 Å². The number of halogens is 1. The van der Waals surface area contributed by atoms with Crippen LogP contribution in [-0.4, -0.2) is 30.1 Å². The second-order valence-electron chi connectivity index (χ2n) is 7.18. The molecule has 29 heavy (non-hydrogen) atoms. The van der Waals surface area contributed by atoms with Gasteiger partial charge < -0.3 is 15.2 Å². The number of thiophene rings is 1. The Morgan fingerprint density at radius 1 is 1.14 bits per heavy atom. The van der Waals surface area contributed by atoms with E-state index in [1.165, 1.54) is 31.4 Å². The molecule has 0 aliphatic heterocycles. The van der Waals surface area contributed by atoms with Crippen molar-refractivity contribution >= 4 is 34.2 Å². The molecule has 2 bridgehead atoms. The molecule has 0 spiro atoms. The van der Waals surface area contributed by atoms with E-state index in [-0.39, 0.29) is 22.4 Å². The van der Waals surface area contributed by atoms with E-state index in [4.69, 9.17) is 4.74 Å². The summed E-state index contributed by atoms with van der Waals surface area (Å²) in [6.45, 7) is 0. The van der Waals surface area contributed by atoms with Crippen LogP contribution in [0.1, 0.15) is 16.8 Å². The van der Waals surface area contributed by atoms with E-state index in [9.17, 15) is 23.9 Å². The van der Waals surface area contributed by atoms with Crippen LogP contribution >= 0.6 is 11.3 Å². The summed E-state index contributed by atoms with van der Waals surface area (Å²) in [6, 6.07) is 5.64. The number of rotatable bonds is 5. The zero-order valence-electron chi connectivity index (χ0n) is 15.4. The summed E-state index contributed by atoms with van der Waals surface area (Å²) >= 11 is 1.14. The molecule has 2 N–H and O–H groups in total. The lowest BCUT2D eigenvalue weighted by atomic mass is 9.82. The number of carbonyl (C=O) groups is 3. The first-order valence-corrected chi connectivity index (χ1v) is 9.96. The van der Waals surface area contributed by atoms with Crippen LogP contribution in [-0.2, 0) is 14.3 Å². The molecule has 1 amide bonds. The molecule has 1 aromatic carbocycles. The van der Waals surface area contributed by atoms with Crippen molar-refractivity contribution in [3.63, 3.8) is 0 Å². The SMILES string of the molecule is COC(=O)c1c(-c2ccc(F)cc2)csc1NC(=O)[C@H]1[C@@H](C(=O)O)[C@H]2C=C[C@H]1C2. The summed E-state index contributed by atoms with van der Waals surface area (Å²) in [6.07, 6.45) is 4.41. The highest BCUT2D eigenvalue weighted by atomic mass is 32.1. The van der Waals surface area contributed by atoms with Crippen LogP contribution < -0.4 is 5.32 Å². The molecular weight excluding hydrogens is 397 g/mol. The van der Waals surface area contributed by atoms with Crippen molar-refractivity contribution in [2.45, 2.75) is 6.42 Å². The monoisotopic (exact) mass is 415 g/mol. The number of hydrogen-bond acceptors (Lipinski definition) is 5. The van der Waals surface area contributed by atoms with Crippen molar-refractivity contribution in [2.75, 3.05) is 12.4 Å². The molecule has 6 nitrogen and oxygen atoms in total. The van der Waals surface area contributed by atoms with E-state index in [1.807, 2.05) is 12.2 Å². The summed E-state index contributed by atoms with van der Waals surface area (Å²) < 4.78 is 18.1. The Hall–Kier alpha value is -3.00. The molecule has 2 aromatic rings. The quantitative estimate of drug-likeness (QED) is 0.572. The van der Waals surface area contributed by atoms with Gasteiger partial charge in [0.25, 0.3) is 0 Å². The number of carboxylic acids is 1. The molecule has 4 atom stereocenters. The average Bonchev–Trinajstić information content (AvgIpc) is 3.42. The summed E-state index contributed by atoms with van der Waals surface area (Å²) in [5.74, 6) is -4.19. The minimum Gasteiger partial charge on any atom is -0.481 e. The molecular formula is C21H18FNO5S. The maximum Gasteiger partial charge on any atom is 0.341 e. The summed E-state index contributed by atoms with van der Waals surface area (Å²) in [5, 5.41) is 14.3. The first-order valence-electron chi connectivity index (χ1n) is 9.08. The number of benzene rings is 1. The maximum absolute atomic E-state index is 13.3. The number of anilines is 1. The topological polar surface area (TPSA) is 92.7 Å². The van der Waals surface area contributed by atoms with E-state index in [0.717, 1.165) is 11.3 Å². The van der Waals surface area contributed by atoms with Crippen molar-refractivity contribution in [3.05, 3.63) is 53.2 Å². The molecule has 1 fully saturated rings. The Bertz CT molecular complexity index is 1010. The number of fused-ring (bicyclic) bond motifs is 2. The van der Waals surface area contributed by atoms with Gasteiger partial charge in [-0.25, -0.2) is 9.18 Å². The van der Waals surface area contributed by atoms with Crippen LogP contribution in [0, 0.1) is 29.5 Å². The smallest absolute Gasteiger partial charge is 0.341 e. The van der Waals surface area contributed by atoms with Gasteiger partial charge in [0, 0.05) is 10.9 Å². The van der Waals surface area contributed by atoms with Crippen LogP contribution in [0.2, 0.25) is 0 Å². The van der Waals surface area contributed by atoms with Crippen molar-refractivity contribution < 1.29 is 28.6 Å². The van der Waals surface area contributed by atoms with Gasteiger partial charge >= 0.3 is 11.9 Å². The number of carboxylic acid groups (broad SMARTS) is 1. The highest BCUT2D eigenvalue weighted by molar-refractivity contribution is 7.15. The summed E-state index contributed by atoms with van der Waals surface area (Å²) in [4.78, 5) is 37.1. The summed E-state index contributed by atoms with van der Waals surface area (Å²) in [5.41, 5.74) is 1.29. The Balaban J connectivity index is 1.66. The minimum absolute atomic E-state index is 0.126. The second-order valence-corrected chi connectivity index (χ2v) is 8.06. The molecule has 150 valence electrons. The number of aliphatic carboxylic acids is 1. The number of esters is 1. The van der Waals surface area contributed by atoms with Gasteiger partial charge in [-0.1, -0.05) is 24.3 Å². The molecule has 1 aromatic heterocycles. The summed E-state index contributed by atoms with van der Waals surface area (Å²) in [7, 11) is 1.24. The Morgan fingerprint density at radius 3 is 2.41 bits per heavy atom. The average molecular weight is 415 g/mol. The Labute approximate surface area is 170 Å². The van der Waals surface area contributed by atoms with Gasteiger partial charge in [0.15, 0.2) is 0 Å². The van der Waals surface area contributed by atoms with E-state index in [1.54, 1.807) is 5.38 Å². The van der Waals surface area contributed by atoms with E-state index < -0.39 is 35.5 Å². The minimum atomic E-state index is -0.992. The van der Waals surface area contributed by atoms with E-state index in [2.05, 4.69) is 5.32 Å². The largest absolute Gasteiger partial charge is 0.481 e. The molecule has 1 saturated carbocycles. The predicted octanol–water partition coefficient (Wildman–Crippen LogP) is 3.80. The Kier molecular flexibility index (Phi) is 4.96. The number of nitrogens with one attached hydrogen (secondary N) is 1. The molecule has 8 heteroatoms. The van der Waals surface area contributed by atoms with Crippen LogP contribution in [0.15, 0.2) is 41.8 Å². The fraction of sp³-hybridized carbons (Fsp3) is 0.286. The van der Waals surface area contributed by atoms with Gasteiger partial charge in [-0.05, 0) is 36.0 Å². The highest BCUT2D eigenvalue weighted by Gasteiger charge is 2.51. The zero-order chi connectivity index (χ0) is 20.7. The molecule has 2 aliphatic rings. The number of allylic oxidation sites excluding steroid dienone is 2. The van der Waals surface area contributed by atoms with Gasteiger partial charge in [0.1, 0.15) is 16.4 Å². The van der Waals surface area contributed by atoms with Crippen LogP contribution in [0.4, 0.5) is 9.39 Å². The molecule has 2 aliphatic carbocycles. The molecule has 4 rings (SSSR count). The zero-order valence-corrected chi connectivity index (χ0v) is 16.2. The van der Waals surface area contributed by atoms with Crippen molar-refractivity contribution in [1.29, 1.82) is 0 Å². The van der Waals surface area contributed by atoms with Gasteiger partial charge in [-0.2, -0.15) is 0 Å². The van der Waals surface area contributed by atoms with Gasteiger partial charge in [-0.15, -0.1) is 11.3 Å². The van der Waals surface area contributed by atoms with Crippen LogP contribution in [0.25, 0.3) is 11.1 Å². The normalized spacial score (nSPS) is 24.5. The fourth-order valence-electron chi connectivity index (χ4n) is 4.31. The third kappa shape index (κ3) is 3.33. The molecule has 0 unspecified atom stereocenters. The fourth-order valence-corrected chi connectivity index (χ4v) is 5.27. The number of amides is 1. The number of carbonyl (C=O) groups excluding carboxylic acids is 2. The van der Waals surface area contributed by atoms with Crippen molar-refractivity contribution in [3.8, 4) is 11.1 Å². The van der Waals surface area contributed by atoms with Gasteiger partial charge in [-0.3, -0.25) is 9.59 Å². The predicted molar refractivity (Wildman–Crippen MR) is 105 cm³/mol. The third-order valence-electron chi connectivity index (χ3n) is 5.62. The van der Waals surface area contributed by atoms with Crippen molar-refractivity contribution in [1.82, 2.24) is 0 Å². The van der Waals surface area contributed by atoms with E-state index in [0.29, 0.717) is 17.5 Å². The number of methoxy groups -OCH3 is 1. The lowest BCUT2D eigenvalue weighted by Gasteiger charge is -2.23. The molecule has 1 heterocycles. The lowest BCUT2D eigenvalue weighted by molar-refractivity contribution is -0.146. The highest BCUT2D eigenvalue weighted by Crippen LogP contribution is 2.49. The maximum atomic E-state index is 13.3.